The summed E-state index contributed by atoms with van der Waals surface area (Å²) >= 11 is 0. The number of hydrogen-bond donors (Lipinski definition) is 1. The zero-order chi connectivity index (χ0) is 21.8. The van der Waals surface area contributed by atoms with Crippen LogP contribution in [0.3, 0.4) is 0 Å². The van der Waals surface area contributed by atoms with E-state index in [1.165, 1.54) is 12.1 Å². The van der Waals surface area contributed by atoms with Crippen LogP contribution < -0.4 is 19.7 Å². The first-order valence-electron chi connectivity index (χ1n) is 9.76. The van der Waals surface area contributed by atoms with Crippen LogP contribution in [-0.4, -0.2) is 25.5 Å². The SMILES string of the molecule is COc1cccc(CNC(=O)c2ccc3c(c2)N(Cc2ccc(F)cc2)C(=O)CO3)c1. The third-order valence-electron chi connectivity index (χ3n) is 5.01. The predicted octanol–water partition coefficient (Wildman–Crippen LogP) is 3.69. The van der Waals surface area contributed by atoms with E-state index in [2.05, 4.69) is 5.32 Å². The maximum atomic E-state index is 13.2. The molecule has 0 aromatic heterocycles. The number of nitrogens with one attached hydrogen (secondary N) is 1. The maximum Gasteiger partial charge on any atom is 0.265 e. The number of anilines is 1. The highest BCUT2D eigenvalue weighted by molar-refractivity contribution is 6.01. The number of fused-ring (bicyclic) bond motifs is 1. The molecule has 0 fully saturated rings. The molecule has 3 aromatic carbocycles. The Hall–Kier alpha value is -3.87. The molecule has 0 saturated carbocycles. The second kappa shape index (κ2) is 8.87. The summed E-state index contributed by atoms with van der Waals surface area (Å²) in [6, 6.07) is 18.4. The van der Waals surface area contributed by atoms with Crippen molar-refractivity contribution in [2.24, 2.45) is 0 Å². The molecule has 1 aliphatic heterocycles. The second-order valence-corrected chi connectivity index (χ2v) is 7.11. The van der Waals surface area contributed by atoms with Crippen molar-refractivity contribution in [3.8, 4) is 11.5 Å². The van der Waals surface area contributed by atoms with Gasteiger partial charge < -0.3 is 19.7 Å². The van der Waals surface area contributed by atoms with Gasteiger partial charge in [-0.3, -0.25) is 9.59 Å². The average molecular weight is 420 g/mol. The summed E-state index contributed by atoms with van der Waals surface area (Å²) in [6.07, 6.45) is 0. The summed E-state index contributed by atoms with van der Waals surface area (Å²) in [6.45, 7) is 0.502. The molecule has 0 atom stereocenters. The lowest BCUT2D eigenvalue weighted by Gasteiger charge is -2.30. The fraction of sp³-hybridized carbons (Fsp3) is 0.167. The zero-order valence-corrected chi connectivity index (χ0v) is 16.9. The summed E-state index contributed by atoms with van der Waals surface area (Å²) in [4.78, 5) is 26.8. The van der Waals surface area contributed by atoms with Gasteiger partial charge in [0.05, 0.1) is 19.3 Å². The van der Waals surface area contributed by atoms with E-state index in [4.69, 9.17) is 9.47 Å². The molecule has 1 N–H and O–H groups in total. The molecule has 158 valence electrons. The summed E-state index contributed by atoms with van der Waals surface area (Å²) in [7, 11) is 1.59. The van der Waals surface area contributed by atoms with E-state index < -0.39 is 0 Å². The van der Waals surface area contributed by atoms with Gasteiger partial charge in [0, 0.05) is 12.1 Å². The number of nitrogens with zero attached hydrogens (tertiary/aromatic N) is 1. The van der Waals surface area contributed by atoms with Gasteiger partial charge in [0.2, 0.25) is 0 Å². The van der Waals surface area contributed by atoms with Gasteiger partial charge in [-0.1, -0.05) is 24.3 Å². The Morgan fingerprint density at radius 2 is 1.90 bits per heavy atom. The molecule has 1 heterocycles. The van der Waals surface area contributed by atoms with E-state index in [1.807, 2.05) is 24.3 Å². The van der Waals surface area contributed by atoms with Gasteiger partial charge >= 0.3 is 0 Å². The molecule has 2 amide bonds. The van der Waals surface area contributed by atoms with Crippen LogP contribution in [0.2, 0.25) is 0 Å². The van der Waals surface area contributed by atoms with Gasteiger partial charge in [0.15, 0.2) is 6.61 Å². The van der Waals surface area contributed by atoms with E-state index in [9.17, 15) is 14.0 Å². The number of amides is 2. The molecule has 6 nitrogen and oxygen atoms in total. The highest BCUT2D eigenvalue weighted by Gasteiger charge is 2.26. The van der Waals surface area contributed by atoms with Gasteiger partial charge in [0.1, 0.15) is 17.3 Å². The standard InChI is InChI=1S/C24H21FN2O4/c1-30-20-4-2-3-17(11-20)13-26-24(29)18-7-10-22-21(12-18)27(23(28)15-31-22)14-16-5-8-19(25)9-6-16/h2-12H,13-15H2,1H3,(H,26,29). The molecule has 31 heavy (non-hydrogen) atoms. The van der Waals surface area contributed by atoms with Crippen molar-refractivity contribution >= 4 is 17.5 Å². The van der Waals surface area contributed by atoms with Crippen LogP contribution in [0.15, 0.2) is 66.7 Å². The van der Waals surface area contributed by atoms with Crippen LogP contribution >= 0.6 is 0 Å². The third kappa shape index (κ3) is 4.66. The smallest absolute Gasteiger partial charge is 0.265 e. The highest BCUT2D eigenvalue weighted by atomic mass is 19.1. The zero-order valence-electron chi connectivity index (χ0n) is 16.9. The Morgan fingerprint density at radius 1 is 1.10 bits per heavy atom. The predicted molar refractivity (Wildman–Crippen MR) is 114 cm³/mol. The van der Waals surface area contributed by atoms with Crippen molar-refractivity contribution in [1.29, 1.82) is 0 Å². The van der Waals surface area contributed by atoms with E-state index in [1.54, 1.807) is 42.3 Å². The van der Waals surface area contributed by atoms with Gasteiger partial charge in [0.25, 0.3) is 11.8 Å². The van der Waals surface area contributed by atoms with Crippen molar-refractivity contribution in [2.75, 3.05) is 18.6 Å². The van der Waals surface area contributed by atoms with Crippen LogP contribution in [0.4, 0.5) is 10.1 Å². The van der Waals surface area contributed by atoms with Crippen LogP contribution in [0, 0.1) is 5.82 Å². The minimum absolute atomic E-state index is 0.0877. The van der Waals surface area contributed by atoms with E-state index in [0.717, 1.165) is 11.1 Å². The molecule has 7 heteroatoms. The van der Waals surface area contributed by atoms with Crippen molar-refractivity contribution < 1.29 is 23.5 Å². The van der Waals surface area contributed by atoms with Gasteiger partial charge in [-0.15, -0.1) is 0 Å². The minimum atomic E-state index is -0.340. The van der Waals surface area contributed by atoms with E-state index >= 15 is 0 Å². The Balaban J connectivity index is 1.52. The number of benzene rings is 3. The number of rotatable bonds is 6. The van der Waals surface area contributed by atoms with Crippen molar-refractivity contribution in [3.05, 3.63) is 89.2 Å². The average Bonchev–Trinajstić information content (AvgIpc) is 2.80. The van der Waals surface area contributed by atoms with Gasteiger partial charge in [-0.05, 0) is 53.6 Å². The first-order chi connectivity index (χ1) is 15.0. The van der Waals surface area contributed by atoms with Crippen molar-refractivity contribution in [2.45, 2.75) is 13.1 Å². The lowest BCUT2D eigenvalue weighted by Crippen LogP contribution is -2.38. The second-order valence-electron chi connectivity index (χ2n) is 7.11. The fourth-order valence-corrected chi connectivity index (χ4v) is 3.36. The van der Waals surface area contributed by atoms with Crippen LogP contribution in [0.25, 0.3) is 0 Å². The third-order valence-corrected chi connectivity index (χ3v) is 5.01. The Kier molecular flexibility index (Phi) is 5.84. The molecular formula is C24H21FN2O4. The fourth-order valence-electron chi connectivity index (χ4n) is 3.36. The van der Waals surface area contributed by atoms with Crippen molar-refractivity contribution in [1.82, 2.24) is 5.32 Å². The highest BCUT2D eigenvalue weighted by Crippen LogP contribution is 2.34. The van der Waals surface area contributed by atoms with Crippen LogP contribution in [0.5, 0.6) is 11.5 Å². The van der Waals surface area contributed by atoms with E-state index in [-0.39, 0.29) is 30.8 Å². The summed E-state index contributed by atoms with van der Waals surface area (Å²) in [5.41, 5.74) is 2.59. The quantitative estimate of drug-likeness (QED) is 0.661. The molecule has 0 spiro atoms. The Morgan fingerprint density at radius 3 is 2.68 bits per heavy atom. The lowest BCUT2D eigenvalue weighted by atomic mass is 10.1. The molecule has 0 radical (unpaired) electrons. The number of ether oxygens (including phenoxy) is 2. The Bertz CT molecular complexity index is 1110. The van der Waals surface area contributed by atoms with Crippen LogP contribution in [0.1, 0.15) is 21.5 Å². The molecule has 4 rings (SSSR count). The number of carbonyl (C=O) groups excluding carboxylic acids is 2. The number of hydrogen-bond acceptors (Lipinski definition) is 4. The topological polar surface area (TPSA) is 67.9 Å². The van der Waals surface area contributed by atoms with Gasteiger partial charge in [-0.2, -0.15) is 0 Å². The first kappa shape index (κ1) is 20.4. The molecular weight excluding hydrogens is 399 g/mol. The monoisotopic (exact) mass is 420 g/mol. The van der Waals surface area contributed by atoms with Crippen LogP contribution in [-0.2, 0) is 17.9 Å². The maximum absolute atomic E-state index is 13.2. The number of carbonyl (C=O) groups is 2. The largest absolute Gasteiger partial charge is 0.497 e. The summed E-state index contributed by atoms with van der Waals surface area (Å²) in [5, 5.41) is 2.87. The molecule has 0 saturated heterocycles. The van der Waals surface area contributed by atoms with Crippen molar-refractivity contribution in [3.63, 3.8) is 0 Å². The van der Waals surface area contributed by atoms with Gasteiger partial charge in [-0.25, -0.2) is 4.39 Å². The summed E-state index contributed by atoms with van der Waals surface area (Å²) in [5.74, 6) is 0.391. The number of halogens is 1. The lowest BCUT2D eigenvalue weighted by molar-refractivity contribution is -0.121. The molecule has 0 bridgehead atoms. The minimum Gasteiger partial charge on any atom is -0.497 e. The van der Waals surface area contributed by atoms with E-state index in [0.29, 0.717) is 29.3 Å². The Labute approximate surface area is 179 Å². The number of methoxy groups -OCH3 is 1. The molecule has 0 aliphatic carbocycles. The normalized spacial score (nSPS) is 12.7. The molecule has 0 unspecified atom stereocenters. The summed E-state index contributed by atoms with van der Waals surface area (Å²) < 4.78 is 23.9. The molecule has 1 aliphatic rings. The molecule has 3 aromatic rings. The first-order valence-corrected chi connectivity index (χ1v) is 9.76.